The number of hydrogen-bond acceptors (Lipinski definition) is 3. The lowest BCUT2D eigenvalue weighted by Crippen LogP contribution is -2.49. The van der Waals surface area contributed by atoms with E-state index in [0.717, 1.165) is 11.9 Å². The molecule has 0 aromatic rings. The zero-order valence-electron chi connectivity index (χ0n) is 11.2. The fraction of sp³-hybridized carbons (Fsp3) is 1.00. The molecule has 1 fully saturated rings. The minimum absolute atomic E-state index is 0.503. The molecule has 1 aliphatic rings. The minimum atomic E-state index is 0.503. The topological polar surface area (TPSA) is 21.3 Å². The van der Waals surface area contributed by atoms with Crippen molar-refractivity contribution >= 4 is 11.8 Å². The molecule has 1 N–H and O–H groups in total. The van der Waals surface area contributed by atoms with Gasteiger partial charge >= 0.3 is 0 Å². The molecular weight excluding hydrogens is 218 g/mol. The van der Waals surface area contributed by atoms with Crippen LogP contribution in [0.5, 0.6) is 0 Å². The number of hydrogen-bond donors (Lipinski definition) is 1. The molecule has 3 atom stereocenters. The molecule has 0 bridgehead atoms. The molecule has 0 aromatic heterocycles. The largest absolute Gasteiger partial charge is 0.383 e. The van der Waals surface area contributed by atoms with Crippen LogP contribution < -0.4 is 5.32 Å². The fourth-order valence-corrected chi connectivity index (χ4v) is 3.40. The molecule has 0 saturated heterocycles. The third-order valence-electron chi connectivity index (χ3n) is 3.58. The summed E-state index contributed by atoms with van der Waals surface area (Å²) >= 11 is 2.02. The number of rotatable bonds is 6. The number of nitrogens with one attached hydrogen (secondary N) is 1. The summed E-state index contributed by atoms with van der Waals surface area (Å²) in [5.41, 5.74) is 0. The van der Waals surface area contributed by atoms with E-state index in [1.165, 1.54) is 25.7 Å². The summed E-state index contributed by atoms with van der Waals surface area (Å²) in [6.45, 7) is 5.37. The molecule has 0 aliphatic heterocycles. The van der Waals surface area contributed by atoms with Crippen molar-refractivity contribution in [1.29, 1.82) is 0 Å². The molecule has 0 amide bonds. The van der Waals surface area contributed by atoms with Crippen molar-refractivity contribution in [2.24, 2.45) is 5.92 Å². The number of thioether (sulfide) groups is 1. The Morgan fingerprint density at radius 3 is 2.56 bits per heavy atom. The van der Waals surface area contributed by atoms with Crippen LogP contribution in [-0.2, 0) is 4.74 Å². The van der Waals surface area contributed by atoms with Gasteiger partial charge in [-0.1, -0.05) is 26.7 Å². The molecule has 1 rings (SSSR count). The smallest absolute Gasteiger partial charge is 0.0618 e. The van der Waals surface area contributed by atoms with E-state index >= 15 is 0 Å². The summed E-state index contributed by atoms with van der Waals surface area (Å²) in [7, 11) is 1.80. The molecule has 1 saturated carbocycles. The monoisotopic (exact) mass is 245 g/mol. The molecule has 0 aromatic carbocycles. The van der Waals surface area contributed by atoms with E-state index in [4.69, 9.17) is 4.74 Å². The lowest BCUT2D eigenvalue weighted by molar-refractivity contribution is 0.136. The maximum Gasteiger partial charge on any atom is 0.0618 e. The summed E-state index contributed by atoms with van der Waals surface area (Å²) in [4.78, 5) is 0. The first-order chi connectivity index (χ1) is 7.69. The Morgan fingerprint density at radius 1 is 1.31 bits per heavy atom. The van der Waals surface area contributed by atoms with Crippen LogP contribution >= 0.6 is 11.8 Å². The highest BCUT2D eigenvalue weighted by Crippen LogP contribution is 2.27. The summed E-state index contributed by atoms with van der Waals surface area (Å²) in [5, 5.41) is 4.61. The maximum absolute atomic E-state index is 5.31. The van der Waals surface area contributed by atoms with E-state index in [0.29, 0.717) is 18.0 Å². The van der Waals surface area contributed by atoms with Crippen LogP contribution in [0.3, 0.4) is 0 Å². The Morgan fingerprint density at radius 2 is 2.00 bits per heavy atom. The van der Waals surface area contributed by atoms with Gasteiger partial charge in [-0.15, -0.1) is 0 Å². The first-order valence-corrected chi connectivity index (χ1v) is 7.75. The number of methoxy groups -OCH3 is 1. The number of ether oxygens (including phenoxy) is 1. The lowest BCUT2D eigenvalue weighted by atomic mass is 9.93. The first kappa shape index (κ1) is 14.3. The zero-order chi connectivity index (χ0) is 12.0. The fourth-order valence-electron chi connectivity index (χ4n) is 2.46. The summed E-state index contributed by atoms with van der Waals surface area (Å²) in [5.74, 6) is 0.643. The standard InChI is InChI=1S/C13H27NOS/c1-10(2)12(9-15-3)14-11-7-5-6-8-13(11)16-4/h10-14H,5-9H2,1-4H3. The van der Waals surface area contributed by atoms with Crippen molar-refractivity contribution in [2.75, 3.05) is 20.0 Å². The highest BCUT2D eigenvalue weighted by molar-refractivity contribution is 7.99. The van der Waals surface area contributed by atoms with Gasteiger partial charge in [0.05, 0.1) is 6.61 Å². The van der Waals surface area contributed by atoms with E-state index in [-0.39, 0.29) is 0 Å². The van der Waals surface area contributed by atoms with Crippen LogP contribution in [0.15, 0.2) is 0 Å². The van der Waals surface area contributed by atoms with Crippen molar-refractivity contribution < 1.29 is 4.74 Å². The minimum Gasteiger partial charge on any atom is -0.383 e. The quantitative estimate of drug-likeness (QED) is 0.777. The first-order valence-electron chi connectivity index (χ1n) is 6.46. The van der Waals surface area contributed by atoms with Crippen LogP contribution in [-0.4, -0.2) is 37.3 Å². The Hall–Kier alpha value is 0.270. The predicted octanol–water partition coefficient (Wildman–Crippen LogP) is 2.92. The molecule has 3 heteroatoms. The SMILES string of the molecule is COCC(NC1CCCCC1SC)C(C)C. The maximum atomic E-state index is 5.31. The van der Waals surface area contributed by atoms with Crippen molar-refractivity contribution in [1.82, 2.24) is 5.32 Å². The lowest BCUT2D eigenvalue weighted by Gasteiger charge is -2.35. The van der Waals surface area contributed by atoms with Gasteiger partial charge in [0.2, 0.25) is 0 Å². The van der Waals surface area contributed by atoms with Crippen molar-refractivity contribution in [3.05, 3.63) is 0 Å². The summed E-state index contributed by atoms with van der Waals surface area (Å²) in [6.07, 6.45) is 7.73. The highest BCUT2D eigenvalue weighted by atomic mass is 32.2. The molecule has 0 spiro atoms. The van der Waals surface area contributed by atoms with Crippen LogP contribution in [0, 0.1) is 5.92 Å². The predicted molar refractivity (Wildman–Crippen MR) is 73.2 cm³/mol. The van der Waals surface area contributed by atoms with Gasteiger partial charge in [0.15, 0.2) is 0 Å². The second kappa shape index (κ2) is 7.57. The van der Waals surface area contributed by atoms with E-state index in [1.807, 2.05) is 11.8 Å². The molecule has 2 nitrogen and oxygen atoms in total. The van der Waals surface area contributed by atoms with Gasteiger partial charge in [0.1, 0.15) is 0 Å². The van der Waals surface area contributed by atoms with Gasteiger partial charge in [-0.2, -0.15) is 11.8 Å². The molecule has 1 aliphatic carbocycles. The Bertz CT molecular complexity index is 187. The van der Waals surface area contributed by atoms with Gasteiger partial charge in [0, 0.05) is 24.4 Å². The normalized spacial score (nSPS) is 28.3. The van der Waals surface area contributed by atoms with E-state index in [1.54, 1.807) is 7.11 Å². The summed E-state index contributed by atoms with van der Waals surface area (Å²) in [6, 6.07) is 1.19. The zero-order valence-corrected chi connectivity index (χ0v) is 12.0. The molecular formula is C13H27NOS. The van der Waals surface area contributed by atoms with Crippen LogP contribution in [0.2, 0.25) is 0 Å². The molecule has 0 radical (unpaired) electrons. The van der Waals surface area contributed by atoms with Gasteiger partial charge in [-0.3, -0.25) is 0 Å². The molecule has 96 valence electrons. The second-order valence-corrected chi connectivity index (χ2v) is 6.21. The van der Waals surface area contributed by atoms with Gasteiger partial charge in [0.25, 0.3) is 0 Å². The van der Waals surface area contributed by atoms with E-state index in [9.17, 15) is 0 Å². The van der Waals surface area contributed by atoms with Crippen LogP contribution in [0.4, 0.5) is 0 Å². The average Bonchev–Trinajstić information content (AvgIpc) is 2.29. The third-order valence-corrected chi connectivity index (χ3v) is 4.75. The van der Waals surface area contributed by atoms with E-state index in [2.05, 4.69) is 25.4 Å². The average molecular weight is 245 g/mol. The van der Waals surface area contributed by atoms with Crippen molar-refractivity contribution in [3.8, 4) is 0 Å². The second-order valence-electron chi connectivity index (χ2n) is 5.14. The third kappa shape index (κ3) is 4.27. The van der Waals surface area contributed by atoms with Crippen molar-refractivity contribution in [3.63, 3.8) is 0 Å². The highest BCUT2D eigenvalue weighted by Gasteiger charge is 2.27. The Kier molecular flexibility index (Phi) is 6.78. The Balaban J connectivity index is 2.47. The van der Waals surface area contributed by atoms with Crippen LogP contribution in [0.25, 0.3) is 0 Å². The van der Waals surface area contributed by atoms with Gasteiger partial charge in [-0.05, 0) is 25.0 Å². The molecule has 16 heavy (non-hydrogen) atoms. The summed E-state index contributed by atoms with van der Waals surface area (Å²) < 4.78 is 5.31. The Labute approximate surface area is 105 Å². The van der Waals surface area contributed by atoms with Gasteiger partial charge < -0.3 is 10.1 Å². The van der Waals surface area contributed by atoms with Crippen LogP contribution in [0.1, 0.15) is 39.5 Å². The van der Waals surface area contributed by atoms with E-state index < -0.39 is 0 Å². The van der Waals surface area contributed by atoms with Crippen molar-refractivity contribution in [2.45, 2.75) is 56.9 Å². The van der Waals surface area contributed by atoms with Gasteiger partial charge in [-0.25, -0.2) is 0 Å². The molecule has 0 heterocycles. The molecule has 3 unspecified atom stereocenters.